The second-order valence-corrected chi connectivity index (χ2v) is 7.24. The SMILES string of the molecule is COc1cc(NCc2cn(-c3ccccc3)nc2-c2ccc(F)cc2)ccc1NC(C)=O. The summed E-state index contributed by atoms with van der Waals surface area (Å²) in [6.07, 6.45) is 1.96. The fourth-order valence-corrected chi connectivity index (χ4v) is 3.39. The molecule has 0 radical (unpaired) electrons. The first-order valence-electron chi connectivity index (χ1n) is 10.1. The minimum absolute atomic E-state index is 0.165. The molecule has 0 saturated heterocycles. The van der Waals surface area contributed by atoms with Crippen molar-refractivity contribution in [3.8, 4) is 22.7 Å². The van der Waals surface area contributed by atoms with Crippen LogP contribution < -0.4 is 15.4 Å². The summed E-state index contributed by atoms with van der Waals surface area (Å²) in [5.74, 6) is 0.104. The number of halogens is 1. The van der Waals surface area contributed by atoms with Gasteiger partial charge in [0.2, 0.25) is 5.91 Å². The number of ether oxygens (including phenoxy) is 1. The zero-order valence-corrected chi connectivity index (χ0v) is 17.8. The Kier molecular flexibility index (Phi) is 6.17. The molecular weight excluding hydrogens is 407 g/mol. The van der Waals surface area contributed by atoms with Crippen LogP contribution in [0.4, 0.5) is 15.8 Å². The van der Waals surface area contributed by atoms with Crippen LogP contribution in [0.3, 0.4) is 0 Å². The Bertz CT molecular complexity index is 1220. The van der Waals surface area contributed by atoms with Gasteiger partial charge in [0.25, 0.3) is 0 Å². The van der Waals surface area contributed by atoms with Crippen molar-refractivity contribution in [2.75, 3.05) is 17.7 Å². The topological polar surface area (TPSA) is 68.2 Å². The molecule has 2 N–H and O–H groups in total. The number of nitrogens with zero attached hydrogens (tertiary/aromatic N) is 2. The third kappa shape index (κ3) is 4.78. The quantitative estimate of drug-likeness (QED) is 0.420. The van der Waals surface area contributed by atoms with Crippen molar-refractivity contribution in [3.63, 3.8) is 0 Å². The van der Waals surface area contributed by atoms with E-state index in [-0.39, 0.29) is 11.7 Å². The van der Waals surface area contributed by atoms with Crippen LogP contribution in [0.15, 0.2) is 79.0 Å². The summed E-state index contributed by atoms with van der Waals surface area (Å²) in [5, 5.41) is 10.9. The summed E-state index contributed by atoms with van der Waals surface area (Å²) in [4.78, 5) is 11.4. The Hall–Kier alpha value is -4.13. The maximum Gasteiger partial charge on any atom is 0.221 e. The van der Waals surface area contributed by atoms with E-state index in [2.05, 4.69) is 10.6 Å². The summed E-state index contributed by atoms with van der Waals surface area (Å²) >= 11 is 0. The lowest BCUT2D eigenvalue weighted by atomic mass is 10.1. The predicted octanol–water partition coefficient (Wildman–Crippen LogP) is 5.26. The molecular formula is C25H23FN4O2. The number of hydrogen-bond donors (Lipinski definition) is 2. The van der Waals surface area contributed by atoms with Gasteiger partial charge in [-0.2, -0.15) is 5.10 Å². The number of nitrogens with one attached hydrogen (secondary N) is 2. The summed E-state index contributed by atoms with van der Waals surface area (Å²) in [7, 11) is 1.56. The molecule has 1 aromatic heterocycles. The van der Waals surface area contributed by atoms with Crippen molar-refractivity contribution in [3.05, 3.63) is 90.4 Å². The van der Waals surface area contributed by atoms with Crippen LogP contribution in [-0.4, -0.2) is 22.8 Å². The van der Waals surface area contributed by atoms with Gasteiger partial charge in [-0.1, -0.05) is 18.2 Å². The van der Waals surface area contributed by atoms with Gasteiger partial charge in [-0.05, 0) is 48.5 Å². The smallest absolute Gasteiger partial charge is 0.221 e. The van der Waals surface area contributed by atoms with Crippen LogP contribution in [0.2, 0.25) is 0 Å². The highest BCUT2D eigenvalue weighted by Gasteiger charge is 2.13. The first-order valence-corrected chi connectivity index (χ1v) is 10.1. The van der Waals surface area contributed by atoms with Crippen LogP contribution in [0.5, 0.6) is 5.75 Å². The molecule has 0 aliphatic carbocycles. The lowest BCUT2D eigenvalue weighted by molar-refractivity contribution is -0.114. The number of carbonyl (C=O) groups excluding carboxylic acids is 1. The molecule has 0 bridgehead atoms. The monoisotopic (exact) mass is 430 g/mol. The second kappa shape index (κ2) is 9.34. The van der Waals surface area contributed by atoms with Crippen LogP contribution in [-0.2, 0) is 11.3 Å². The lowest BCUT2D eigenvalue weighted by Gasteiger charge is -2.12. The number of methoxy groups -OCH3 is 1. The fourth-order valence-electron chi connectivity index (χ4n) is 3.39. The van der Waals surface area contributed by atoms with Crippen LogP contribution >= 0.6 is 0 Å². The average molecular weight is 430 g/mol. The van der Waals surface area contributed by atoms with Gasteiger partial charge in [0.05, 0.1) is 24.2 Å². The second-order valence-electron chi connectivity index (χ2n) is 7.24. The maximum atomic E-state index is 13.4. The molecule has 1 amide bonds. The molecule has 0 aliphatic heterocycles. The van der Waals surface area contributed by atoms with E-state index < -0.39 is 0 Å². The van der Waals surface area contributed by atoms with Crippen LogP contribution in [0, 0.1) is 5.82 Å². The van der Waals surface area contributed by atoms with Gasteiger partial charge >= 0.3 is 0 Å². The summed E-state index contributed by atoms with van der Waals surface area (Å²) in [6.45, 7) is 1.94. The zero-order valence-electron chi connectivity index (χ0n) is 17.8. The number of carbonyl (C=O) groups is 1. The minimum atomic E-state index is -0.290. The van der Waals surface area contributed by atoms with Gasteiger partial charge in [0.15, 0.2) is 0 Å². The molecule has 0 atom stereocenters. The van der Waals surface area contributed by atoms with E-state index in [9.17, 15) is 9.18 Å². The molecule has 0 spiro atoms. The van der Waals surface area contributed by atoms with E-state index >= 15 is 0 Å². The van der Waals surface area contributed by atoms with Crippen LogP contribution in [0.1, 0.15) is 12.5 Å². The highest BCUT2D eigenvalue weighted by molar-refractivity contribution is 5.90. The largest absolute Gasteiger partial charge is 0.494 e. The molecule has 7 heteroatoms. The molecule has 3 aromatic carbocycles. The molecule has 162 valence electrons. The molecule has 0 fully saturated rings. The number of amides is 1. The van der Waals surface area contributed by atoms with E-state index in [0.29, 0.717) is 18.0 Å². The van der Waals surface area contributed by atoms with Crippen molar-refractivity contribution in [1.82, 2.24) is 9.78 Å². The molecule has 6 nitrogen and oxygen atoms in total. The number of para-hydroxylation sites is 1. The molecule has 0 aliphatic rings. The molecule has 0 saturated carbocycles. The van der Waals surface area contributed by atoms with E-state index in [4.69, 9.17) is 9.84 Å². The Balaban J connectivity index is 1.63. The number of rotatable bonds is 7. The molecule has 4 rings (SSSR count). The molecule has 32 heavy (non-hydrogen) atoms. The Morgan fingerprint density at radius 1 is 1.06 bits per heavy atom. The van der Waals surface area contributed by atoms with Gasteiger partial charge in [0, 0.05) is 42.5 Å². The van der Waals surface area contributed by atoms with E-state index in [1.54, 1.807) is 25.3 Å². The summed E-state index contributed by atoms with van der Waals surface area (Å²) in [6, 6.07) is 21.6. The lowest BCUT2D eigenvalue weighted by Crippen LogP contribution is -2.07. The first kappa shape index (κ1) is 21.1. The first-order chi connectivity index (χ1) is 15.5. The van der Waals surface area contributed by atoms with Gasteiger partial charge in [-0.3, -0.25) is 4.79 Å². The summed E-state index contributed by atoms with van der Waals surface area (Å²) < 4.78 is 20.7. The summed E-state index contributed by atoms with van der Waals surface area (Å²) in [5.41, 5.74) is 4.91. The number of anilines is 2. The zero-order chi connectivity index (χ0) is 22.5. The number of hydrogen-bond acceptors (Lipinski definition) is 4. The van der Waals surface area contributed by atoms with E-state index in [0.717, 1.165) is 28.2 Å². The van der Waals surface area contributed by atoms with Gasteiger partial charge in [0.1, 0.15) is 11.6 Å². The van der Waals surface area contributed by atoms with Crippen molar-refractivity contribution >= 4 is 17.3 Å². The standard InChI is InChI=1S/C25H23FN4O2/c1-17(31)28-23-13-12-21(14-24(23)32-2)27-15-19-16-30(22-6-4-3-5-7-22)29-25(19)18-8-10-20(26)11-9-18/h3-14,16,27H,15H2,1-2H3,(H,28,31). The molecule has 1 heterocycles. The van der Waals surface area contributed by atoms with Crippen LogP contribution in [0.25, 0.3) is 16.9 Å². The van der Waals surface area contributed by atoms with Crippen molar-refractivity contribution in [1.29, 1.82) is 0 Å². The molecule has 4 aromatic rings. The normalized spacial score (nSPS) is 10.6. The Morgan fingerprint density at radius 2 is 1.81 bits per heavy atom. The van der Waals surface area contributed by atoms with Gasteiger partial charge in [-0.25, -0.2) is 9.07 Å². The highest BCUT2D eigenvalue weighted by Crippen LogP contribution is 2.29. The predicted molar refractivity (Wildman–Crippen MR) is 124 cm³/mol. The van der Waals surface area contributed by atoms with Crippen molar-refractivity contribution in [2.24, 2.45) is 0 Å². The Morgan fingerprint density at radius 3 is 2.50 bits per heavy atom. The Labute approximate surface area is 185 Å². The van der Waals surface area contributed by atoms with E-state index in [1.807, 2.05) is 53.3 Å². The van der Waals surface area contributed by atoms with Crippen molar-refractivity contribution in [2.45, 2.75) is 13.5 Å². The number of aromatic nitrogens is 2. The van der Waals surface area contributed by atoms with Gasteiger partial charge in [-0.15, -0.1) is 0 Å². The average Bonchev–Trinajstić information content (AvgIpc) is 3.23. The highest BCUT2D eigenvalue weighted by atomic mass is 19.1. The fraction of sp³-hybridized carbons (Fsp3) is 0.120. The van der Waals surface area contributed by atoms with E-state index in [1.165, 1.54) is 19.1 Å². The third-order valence-corrected chi connectivity index (χ3v) is 4.92. The van der Waals surface area contributed by atoms with Gasteiger partial charge < -0.3 is 15.4 Å². The minimum Gasteiger partial charge on any atom is -0.494 e. The number of benzene rings is 3. The van der Waals surface area contributed by atoms with Crippen molar-refractivity contribution < 1.29 is 13.9 Å². The maximum absolute atomic E-state index is 13.4. The molecule has 0 unspecified atom stereocenters. The third-order valence-electron chi connectivity index (χ3n) is 4.92.